The maximum Gasteiger partial charge on any atom is 0.280 e. The van der Waals surface area contributed by atoms with Crippen LogP contribution in [-0.2, 0) is 4.79 Å². The molecule has 4 aromatic rings. The smallest absolute Gasteiger partial charge is 0.280 e. The van der Waals surface area contributed by atoms with Crippen molar-refractivity contribution in [2.24, 2.45) is 5.10 Å². The standard InChI is InChI=1S/C29H24N4O3S/c1-18-14-15-23(16-19(18)2)33-28(36)24(20(3)30-33)17-25-26(34)31(21-10-6-4-7-11-21)29(37)32(27(25)35)22-12-8-5-9-13-22/h4-17,34H,1-3H3/b24-17-. The molecule has 5 rings (SSSR count). The number of amides is 1. The summed E-state index contributed by atoms with van der Waals surface area (Å²) in [5.74, 6) is -0.745. The molecule has 1 aliphatic heterocycles. The zero-order chi connectivity index (χ0) is 26.3. The van der Waals surface area contributed by atoms with Crippen LogP contribution in [0.4, 0.5) is 5.69 Å². The summed E-state index contributed by atoms with van der Waals surface area (Å²) in [4.78, 5) is 27.2. The van der Waals surface area contributed by atoms with Crippen molar-refractivity contribution in [2.45, 2.75) is 20.8 Å². The second kappa shape index (κ2) is 9.48. The minimum absolute atomic E-state index is 0.0684. The molecule has 0 radical (unpaired) electrons. The molecule has 0 saturated heterocycles. The average molecular weight is 509 g/mol. The van der Waals surface area contributed by atoms with Crippen molar-refractivity contribution < 1.29 is 9.90 Å². The van der Waals surface area contributed by atoms with Gasteiger partial charge in [-0.05, 0) is 86.6 Å². The van der Waals surface area contributed by atoms with Crippen LogP contribution in [0.5, 0.6) is 5.88 Å². The van der Waals surface area contributed by atoms with Gasteiger partial charge in [0.15, 0.2) is 4.77 Å². The minimum atomic E-state index is -0.543. The Morgan fingerprint density at radius 3 is 1.97 bits per heavy atom. The van der Waals surface area contributed by atoms with Crippen LogP contribution >= 0.6 is 12.2 Å². The number of aromatic hydroxyl groups is 1. The van der Waals surface area contributed by atoms with E-state index in [2.05, 4.69) is 5.10 Å². The van der Waals surface area contributed by atoms with Gasteiger partial charge in [-0.25, -0.2) is 0 Å². The predicted octanol–water partition coefficient (Wildman–Crippen LogP) is 5.49. The van der Waals surface area contributed by atoms with E-state index < -0.39 is 5.56 Å². The molecule has 0 unspecified atom stereocenters. The molecule has 0 fully saturated rings. The van der Waals surface area contributed by atoms with E-state index >= 15 is 0 Å². The highest BCUT2D eigenvalue weighted by Gasteiger charge is 2.30. The van der Waals surface area contributed by atoms with Gasteiger partial charge in [-0.2, -0.15) is 10.1 Å². The SMILES string of the molecule is CC1=NN(c2ccc(C)c(C)c2)C(=O)/C1=C\c1c(O)n(-c2ccccc2)c(=S)n(-c2ccccc2)c1=O. The molecule has 0 bridgehead atoms. The van der Waals surface area contributed by atoms with Crippen molar-refractivity contribution in [1.82, 2.24) is 9.13 Å². The van der Waals surface area contributed by atoms with Crippen molar-refractivity contribution in [3.05, 3.63) is 116 Å². The third kappa shape index (κ3) is 4.21. The maximum atomic E-state index is 13.7. The molecule has 1 aromatic heterocycles. The molecular formula is C29H24N4O3S. The van der Waals surface area contributed by atoms with Gasteiger partial charge in [0.1, 0.15) is 5.56 Å². The highest BCUT2D eigenvalue weighted by atomic mass is 32.1. The molecule has 3 aromatic carbocycles. The Bertz CT molecular complexity index is 1720. The topological polar surface area (TPSA) is 79.8 Å². The molecule has 0 atom stereocenters. The summed E-state index contributed by atoms with van der Waals surface area (Å²) in [5.41, 5.74) is 3.92. The number of carbonyl (C=O) groups excluding carboxylic acids is 1. The van der Waals surface area contributed by atoms with Crippen molar-refractivity contribution in [3.63, 3.8) is 0 Å². The third-order valence-corrected chi connectivity index (χ3v) is 6.75. The Balaban J connectivity index is 1.72. The Hall–Kier alpha value is -4.56. The first kappa shape index (κ1) is 24.1. The normalized spacial score (nSPS) is 14.4. The van der Waals surface area contributed by atoms with Gasteiger partial charge in [-0.15, -0.1) is 0 Å². The monoisotopic (exact) mass is 508 g/mol. The number of hydrazone groups is 1. The van der Waals surface area contributed by atoms with E-state index in [-0.39, 0.29) is 27.7 Å². The van der Waals surface area contributed by atoms with Crippen LogP contribution in [0.3, 0.4) is 0 Å². The number of aromatic nitrogens is 2. The molecule has 8 heteroatoms. The Morgan fingerprint density at radius 2 is 1.38 bits per heavy atom. The zero-order valence-corrected chi connectivity index (χ0v) is 21.4. The number of hydrogen-bond donors (Lipinski definition) is 1. The van der Waals surface area contributed by atoms with Crippen LogP contribution in [-0.4, -0.2) is 25.9 Å². The number of hydrogen-bond acceptors (Lipinski definition) is 5. The molecule has 1 aliphatic rings. The predicted molar refractivity (Wildman–Crippen MR) is 148 cm³/mol. The average Bonchev–Trinajstić information content (AvgIpc) is 3.17. The van der Waals surface area contributed by atoms with Crippen LogP contribution in [0.25, 0.3) is 17.5 Å². The van der Waals surface area contributed by atoms with Gasteiger partial charge in [0, 0.05) is 0 Å². The molecule has 184 valence electrons. The second-order valence-corrected chi connectivity index (χ2v) is 9.16. The Labute approximate surface area is 218 Å². The number of carbonyl (C=O) groups is 1. The quantitative estimate of drug-likeness (QED) is 0.292. The fraction of sp³-hybridized carbons (Fsp3) is 0.103. The summed E-state index contributed by atoms with van der Waals surface area (Å²) in [5, 5.41) is 17.1. The van der Waals surface area contributed by atoms with Crippen LogP contribution in [0.2, 0.25) is 0 Å². The minimum Gasteiger partial charge on any atom is -0.494 e. The van der Waals surface area contributed by atoms with Crippen molar-refractivity contribution >= 4 is 35.6 Å². The van der Waals surface area contributed by atoms with E-state index in [1.807, 2.05) is 56.3 Å². The summed E-state index contributed by atoms with van der Waals surface area (Å²) < 4.78 is 2.87. The summed E-state index contributed by atoms with van der Waals surface area (Å²) in [6.45, 7) is 5.66. The molecule has 7 nitrogen and oxygen atoms in total. The summed E-state index contributed by atoms with van der Waals surface area (Å²) in [6, 6.07) is 23.6. The van der Waals surface area contributed by atoms with Gasteiger partial charge in [-0.3, -0.25) is 18.7 Å². The highest BCUT2D eigenvalue weighted by molar-refractivity contribution is 7.71. The largest absolute Gasteiger partial charge is 0.494 e. The van der Waals surface area contributed by atoms with Gasteiger partial charge in [0.05, 0.1) is 28.3 Å². The van der Waals surface area contributed by atoms with Gasteiger partial charge in [0.25, 0.3) is 11.5 Å². The first-order valence-electron chi connectivity index (χ1n) is 11.7. The number of rotatable bonds is 4. The van der Waals surface area contributed by atoms with Crippen molar-refractivity contribution in [3.8, 4) is 17.3 Å². The number of para-hydroxylation sites is 2. The van der Waals surface area contributed by atoms with E-state index in [9.17, 15) is 14.7 Å². The maximum absolute atomic E-state index is 13.7. The van der Waals surface area contributed by atoms with Crippen LogP contribution < -0.4 is 10.6 Å². The van der Waals surface area contributed by atoms with E-state index in [1.165, 1.54) is 20.2 Å². The number of nitrogens with zero attached hydrogens (tertiary/aromatic N) is 4. The van der Waals surface area contributed by atoms with E-state index in [0.717, 1.165) is 11.1 Å². The summed E-state index contributed by atoms with van der Waals surface area (Å²) in [6.07, 6.45) is 1.40. The second-order valence-electron chi connectivity index (χ2n) is 8.80. The van der Waals surface area contributed by atoms with Gasteiger partial charge < -0.3 is 5.11 Å². The first-order chi connectivity index (χ1) is 17.8. The molecule has 0 spiro atoms. The molecule has 37 heavy (non-hydrogen) atoms. The molecule has 1 amide bonds. The Morgan fingerprint density at radius 1 is 0.784 bits per heavy atom. The molecule has 0 saturated carbocycles. The lowest BCUT2D eigenvalue weighted by atomic mass is 10.1. The molecule has 2 heterocycles. The Kier molecular flexibility index (Phi) is 6.19. The fourth-order valence-electron chi connectivity index (χ4n) is 4.22. The highest BCUT2D eigenvalue weighted by Crippen LogP contribution is 2.29. The van der Waals surface area contributed by atoms with Gasteiger partial charge >= 0.3 is 0 Å². The number of benzene rings is 3. The van der Waals surface area contributed by atoms with Crippen molar-refractivity contribution in [2.75, 3.05) is 5.01 Å². The van der Waals surface area contributed by atoms with E-state index in [0.29, 0.717) is 22.8 Å². The molecule has 1 N–H and O–H groups in total. The van der Waals surface area contributed by atoms with Gasteiger partial charge in [0.2, 0.25) is 5.88 Å². The van der Waals surface area contributed by atoms with Crippen molar-refractivity contribution in [1.29, 1.82) is 0 Å². The number of anilines is 1. The first-order valence-corrected chi connectivity index (χ1v) is 12.1. The van der Waals surface area contributed by atoms with Crippen LogP contribution in [0.15, 0.2) is 94.3 Å². The van der Waals surface area contributed by atoms with Gasteiger partial charge in [-0.1, -0.05) is 42.5 Å². The van der Waals surface area contributed by atoms with E-state index in [4.69, 9.17) is 12.2 Å². The fourth-order valence-corrected chi connectivity index (χ4v) is 4.60. The third-order valence-electron chi connectivity index (χ3n) is 6.38. The van der Waals surface area contributed by atoms with Crippen LogP contribution in [0, 0.1) is 18.6 Å². The lowest BCUT2D eigenvalue weighted by Crippen LogP contribution is -2.26. The lowest BCUT2D eigenvalue weighted by Gasteiger charge is -2.17. The summed E-state index contributed by atoms with van der Waals surface area (Å²) >= 11 is 5.67. The number of aryl methyl sites for hydroxylation is 2. The lowest BCUT2D eigenvalue weighted by molar-refractivity contribution is -0.114. The molecule has 0 aliphatic carbocycles. The zero-order valence-electron chi connectivity index (χ0n) is 20.5. The van der Waals surface area contributed by atoms with E-state index in [1.54, 1.807) is 43.3 Å². The summed E-state index contributed by atoms with van der Waals surface area (Å²) in [7, 11) is 0. The van der Waals surface area contributed by atoms with Crippen LogP contribution in [0.1, 0.15) is 23.6 Å². The molecular weight excluding hydrogens is 484 g/mol.